The summed E-state index contributed by atoms with van der Waals surface area (Å²) in [6.07, 6.45) is 7.71. The highest BCUT2D eigenvalue weighted by molar-refractivity contribution is 5.19. The van der Waals surface area contributed by atoms with E-state index in [4.69, 9.17) is 0 Å². The van der Waals surface area contributed by atoms with Gasteiger partial charge in [-0.15, -0.1) is 0 Å². The van der Waals surface area contributed by atoms with Crippen LogP contribution in [0.25, 0.3) is 0 Å². The Kier molecular flexibility index (Phi) is 25.0. The molecule has 14 heavy (non-hydrogen) atoms. The van der Waals surface area contributed by atoms with Crippen molar-refractivity contribution in [3.05, 3.63) is 23.8 Å². The standard InChI is InChI=1S/C10H18.2C2H6/c1-5-7-10(8-6-2)9(3)4;2*1-2/h5,7-9H,6H2,1-4H3;2*1-2H3/b7-5-,10-8+;;. The second kappa shape index (κ2) is 18.3. The van der Waals surface area contributed by atoms with E-state index in [-0.39, 0.29) is 0 Å². The van der Waals surface area contributed by atoms with Gasteiger partial charge < -0.3 is 0 Å². The van der Waals surface area contributed by atoms with Crippen molar-refractivity contribution >= 4 is 0 Å². The van der Waals surface area contributed by atoms with Crippen LogP contribution in [-0.2, 0) is 0 Å². The first-order valence-corrected chi connectivity index (χ1v) is 6.05. The number of hydrogen-bond donors (Lipinski definition) is 0. The Morgan fingerprint density at radius 1 is 1.07 bits per heavy atom. The Morgan fingerprint density at radius 3 is 1.71 bits per heavy atom. The molecule has 0 aliphatic rings. The summed E-state index contributed by atoms with van der Waals surface area (Å²) in [5.41, 5.74) is 1.45. The average molecular weight is 198 g/mol. The Morgan fingerprint density at radius 2 is 1.50 bits per heavy atom. The van der Waals surface area contributed by atoms with E-state index in [1.54, 1.807) is 0 Å². The molecule has 0 aromatic rings. The fraction of sp³-hybridized carbons (Fsp3) is 0.714. The van der Waals surface area contributed by atoms with E-state index in [2.05, 4.69) is 45.9 Å². The number of allylic oxidation sites excluding steroid dienone is 4. The molecule has 0 spiro atoms. The Bertz CT molecular complexity index is 127. The highest BCUT2D eigenvalue weighted by Gasteiger charge is 1.95. The molecule has 0 atom stereocenters. The largest absolute Gasteiger partial charge is 0.0874 e. The fourth-order valence-corrected chi connectivity index (χ4v) is 0.924. The molecule has 0 aliphatic heterocycles. The molecule has 0 heterocycles. The highest BCUT2D eigenvalue weighted by Crippen LogP contribution is 2.11. The van der Waals surface area contributed by atoms with Crippen LogP contribution in [0.2, 0.25) is 0 Å². The second-order valence-corrected chi connectivity index (χ2v) is 2.77. The van der Waals surface area contributed by atoms with Crippen molar-refractivity contribution in [1.29, 1.82) is 0 Å². The molecule has 0 nitrogen and oxygen atoms in total. The average Bonchev–Trinajstić information content (AvgIpc) is 2.23. The van der Waals surface area contributed by atoms with Crippen molar-refractivity contribution in [2.75, 3.05) is 0 Å². The molecular formula is C14H30. The summed E-state index contributed by atoms with van der Waals surface area (Å²) < 4.78 is 0. The van der Waals surface area contributed by atoms with E-state index in [0.29, 0.717) is 5.92 Å². The van der Waals surface area contributed by atoms with Gasteiger partial charge in [-0.3, -0.25) is 0 Å². The smallest absolute Gasteiger partial charge is 0.0222 e. The van der Waals surface area contributed by atoms with Gasteiger partial charge in [-0.1, -0.05) is 66.7 Å². The molecule has 0 aliphatic carbocycles. The quantitative estimate of drug-likeness (QED) is 0.517. The first kappa shape index (κ1) is 19.1. The maximum Gasteiger partial charge on any atom is -0.0222 e. The molecule has 0 N–H and O–H groups in total. The first-order valence-electron chi connectivity index (χ1n) is 6.05. The van der Waals surface area contributed by atoms with Crippen LogP contribution in [0.3, 0.4) is 0 Å². The SMILES string of the molecule is C/C=C\C(=C/CC)C(C)C.CC.CC. The van der Waals surface area contributed by atoms with Gasteiger partial charge >= 0.3 is 0 Å². The predicted molar refractivity (Wildman–Crippen MR) is 70.7 cm³/mol. The molecule has 86 valence electrons. The topological polar surface area (TPSA) is 0 Å². The normalized spacial score (nSPS) is 10.5. The lowest BCUT2D eigenvalue weighted by molar-refractivity contribution is 0.785. The number of rotatable bonds is 3. The van der Waals surface area contributed by atoms with Gasteiger partial charge in [0, 0.05) is 0 Å². The second-order valence-electron chi connectivity index (χ2n) is 2.77. The molecule has 0 aromatic carbocycles. The molecule has 0 radical (unpaired) electrons. The van der Waals surface area contributed by atoms with Crippen LogP contribution in [0.5, 0.6) is 0 Å². The highest BCUT2D eigenvalue weighted by atomic mass is 14.0. The number of hydrogen-bond acceptors (Lipinski definition) is 0. The zero-order valence-corrected chi connectivity index (χ0v) is 11.5. The van der Waals surface area contributed by atoms with E-state index >= 15 is 0 Å². The van der Waals surface area contributed by atoms with Crippen LogP contribution >= 0.6 is 0 Å². The molecule has 0 unspecified atom stereocenters. The van der Waals surface area contributed by atoms with Crippen LogP contribution in [0, 0.1) is 5.92 Å². The summed E-state index contributed by atoms with van der Waals surface area (Å²) in [6.45, 7) is 16.7. The maximum atomic E-state index is 2.28. The predicted octanol–water partition coefficient (Wildman–Crippen LogP) is 5.61. The summed E-state index contributed by atoms with van der Waals surface area (Å²) in [5, 5.41) is 0. The third-order valence-electron chi connectivity index (χ3n) is 1.47. The Hall–Kier alpha value is -0.520. The maximum absolute atomic E-state index is 2.28. The molecule has 0 heteroatoms. The van der Waals surface area contributed by atoms with E-state index in [0.717, 1.165) is 6.42 Å². The van der Waals surface area contributed by atoms with Crippen LogP contribution in [0.15, 0.2) is 23.8 Å². The lowest BCUT2D eigenvalue weighted by atomic mass is 10.0. The van der Waals surface area contributed by atoms with Crippen LogP contribution in [0.4, 0.5) is 0 Å². The van der Waals surface area contributed by atoms with Crippen molar-refractivity contribution in [3.63, 3.8) is 0 Å². The van der Waals surface area contributed by atoms with Gasteiger partial charge in [0.05, 0.1) is 0 Å². The molecule has 0 rings (SSSR count). The zero-order chi connectivity index (χ0) is 12.0. The van der Waals surface area contributed by atoms with E-state index in [1.807, 2.05) is 27.7 Å². The van der Waals surface area contributed by atoms with Gasteiger partial charge in [0.2, 0.25) is 0 Å². The lowest BCUT2D eigenvalue weighted by Crippen LogP contribution is -1.89. The van der Waals surface area contributed by atoms with Gasteiger partial charge in [-0.2, -0.15) is 0 Å². The van der Waals surface area contributed by atoms with Crippen LogP contribution < -0.4 is 0 Å². The minimum atomic E-state index is 0.663. The van der Waals surface area contributed by atoms with Crippen LogP contribution in [0.1, 0.15) is 61.8 Å². The van der Waals surface area contributed by atoms with Crippen molar-refractivity contribution in [3.8, 4) is 0 Å². The summed E-state index contributed by atoms with van der Waals surface area (Å²) in [6, 6.07) is 0. The summed E-state index contributed by atoms with van der Waals surface area (Å²) in [7, 11) is 0. The summed E-state index contributed by atoms with van der Waals surface area (Å²) >= 11 is 0. The molecule has 0 aromatic heterocycles. The van der Waals surface area contributed by atoms with Gasteiger partial charge in [0.25, 0.3) is 0 Å². The minimum absolute atomic E-state index is 0.663. The first-order chi connectivity index (χ1) is 6.72. The van der Waals surface area contributed by atoms with Gasteiger partial charge in [-0.05, 0) is 24.8 Å². The van der Waals surface area contributed by atoms with Gasteiger partial charge in [0.1, 0.15) is 0 Å². The van der Waals surface area contributed by atoms with Gasteiger partial charge in [-0.25, -0.2) is 0 Å². The van der Waals surface area contributed by atoms with Crippen LogP contribution in [-0.4, -0.2) is 0 Å². The summed E-state index contributed by atoms with van der Waals surface area (Å²) in [5.74, 6) is 0.663. The lowest BCUT2D eigenvalue weighted by Gasteiger charge is -2.04. The van der Waals surface area contributed by atoms with Gasteiger partial charge in [0.15, 0.2) is 0 Å². The monoisotopic (exact) mass is 198 g/mol. The van der Waals surface area contributed by atoms with Crippen molar-refractivity contribution in [2.24, 2.45) is 5.92 Å². The van der Waals surface area contributed by atoms with Crippen molar-refractivity contribution in [2.45, 2.75) is 61.8 Å². The molecule has 0 fully saturated rings. The van der Waals surface area contributed by atoms with E-state index in [1.165, 1.54) is 5.57 Å². The van der Waals surface area contributed by atoms with E-state index < -0.39 is 0 Å². The van der Waals surface area contributed by atoms with Crippen molar-refractivity contribution in [1.82, 2.24) is 0 Å². The zero-order valence-electron chi connectivity index (χ0n) is 11.5. The minimum Gasteiger partial charge on any atom is -0.0874 e. The Labute approximate surface area is 92.1 Å². The molecule has 0 bridgehead atoms. The van der Waals surface area contributed by atoms with Crippen molar-refractivity contribution < 1.29 is 0 Å². The third kappa shape index (κ3) is 14.0. The van der Waals surface area contributed by atoms with E-state index in [9.17, 15) is 0 Å². The molecular weight excluding hydrogens is 168 g/mol. The Balaban J connectivity index is -0.000000266. The molecule has 0 saturated heterocycles. The fourth-order valence-electron chi connectivity index (χ4n) is 0.924. The molecule has 0 amide bonds. The molecule has 0 saturated carbocycles. The third-order valence-corrected chi connectivity index (χ3v) is 1.47. The summed E-state index contributed by atoms with van der Waals surface area (Å²) in [4.78, 5) is 0.